The topological polar surface area (TPSA) is 115 Å². The molecule has 1 aromatic rings. The molecule has 3 saturated heterocycles. The number of hydrogen-bond acceptors (Lipinski definition) is 9. The lowest BCUT2D eigenvalue weighted by Crippen LogP contribution is -2.85. The second kappa shape index (κ2) is 7.86. The molecule has 0 amide bonds. The smallest absolute Gasteiger partial charge is 0.208 e. The number of aromatic nitrogens is 1. The van der Waals surface area contributed by atoms with Gasteiger partial charge in [0.1, 0.15) is 11.5 Å². The number of aliphatic hydroxyl groups is 3. The number of likely N-dealkylation sites (tertiary alicyclic amines) is 1. The fraction of sp³-hybridized carbons (Fsp3) is 0.786. The molecule has 2 spiro atoms. The highest BCUT2D eigenvalue weighted by Crippen LogP contribution is 2.75. The molecule has 3 saturated carbocycles. The highest BCUT2D eigenvalue weighted by molar-refractivity contribution is 7.15. The van der Waals surface area contributed by atoms with E-state index in [1.165, 1.54) is 19.3 Å². The summed E-state index contributed by atoms with van der Waals surface area (Å²) in [5.74, 6) is -3.62. The Morgan fingerprint density at radius 2 is 1.95 bits per heavy atom. The van der Waals surface area contributed by atoms with Crippen LogP contribution >= 0.6 is 11.3 Å². The van der Waals surface area contributed by atoms with Crippen molar-refractivity contribution in [2.45, 2.75) is 75.8 Å². The molecule has 6 fully saturated rings. The third-order valence-electron chi connectivity index (χ3n) is 11.0. The number of Topliss-reactive ketones (excluding diaryl/α,β-unsaturated/α-hetero) is 1. The van der Waals surface area contributed by atoms with Crippen LogP contribution in [0.3, 0.4) is 0 Å². The van der Waals surface area contributed by atoms with Crippen LogP contribution in [0.4, 0.5) is 5.13 Å². The van der Waals surface area contributed by atoms with E-state index in [-0.39, 0.29) is 29.6 Å². The van der Waals surface area contributed by atoms with Crippen molar-refractivity contribution in [3.8, 4) is 0 Å². The quantitative estimate of drug-likeness (QED) is 0.439. The van der Waals surface area contributed by atoms with Crippen LogP contribution in [0.5, 0.6) is 0 Å². The van der Waals surface area contributed by atoms with Crippen LogP contribution in [-0.4, -0.2) is 81.8 Å². The maximum Gasteiger partial charge on any atom is 0.208 e. The highest BCUT2D eigenvalue weighted by Gasteiger charge is 2.86. The molecular formula is C28H39N3O5S. The fourth-order valence-electron chi connectivity index (χ4n) is 9.67. The van der Waals surface area contributed by atoms with Crippen LogP contribution in [0.25, 0.3) is 0 Å². The Labute approximate surface area is 222 Å². The predicted octanol–water partition coefficient (Wildman–Crippen LogP) is 2.08. The molecule has 3 aliphatic heterocycles. The van der Waals surface area contributed by atoms with E-state index >= 15 is 0 Å². The van der Waals surface area contributed by atoms with Gasteiger partial charge in [-0.3, -0.25) is 4.79 Å². The summed E-state index contributed by atoms with van der Waals surface area (Å²) in [4.78, 5) is 22.7. The molecule has 4 N–H and O–H groups in total. The highest BCUT2D eigenvalue weighted by atomic mass is 32.1. The second-order valence-corrected chi connectivity index (χ2v) is 14.2. The molecule has 4 bridgehead atoms. The molecule has 1 unspecified atom stereocenters. The van der Waals surface area contributed by atoms with Gasteiger partial charge in [0, 0.05) is 35.2 Å². The Balaban J connectivity index is 1.31. The number of aliphatic hydroxyl groups excluding tert-OH is 2. The van der Waals surface area contributed by atoms with Crippen LogP contribution in [-0.2, 0) is 21.4 Å². The van der Waals surface area contributed by atoms with Crippen molar-refractivity contribution < 1.29 is 24.9 Å². The van der Waals surface area contributed by atoms with Crippen molar-refractivity contribution in [3.63, 3.8) is 0 Å². The third-order valence-corrected chi connectivity index (χ3v) is 12.1. The Morgan fingerprint density at radius 3 is 2.70 bits per heavy atom. The average Bonchev–Trinajstić information content (AvgIpc) is 3.30. The standard InChI is InChI=1S/C28H39N3O5S/c1-15-16-7-8-18-26-14-36-28(35,27(18,21(15)32)22(16)33)23(34)19(26)25(2,3)13-17-20(26)30-24(37-17)29-9-12-31-10-5-4-6-11-31/h16,18-19,22-23,33-35H,1,4-14H2,2-3H3,(H,29,30)/t16?,18-,19+,22+,23-,26-,27-,28+/m0/s1. The SMILES string of the molecule is C=C1C(=O)[C@]23[C@H](O)C1CC[C@H]2[C@@]12CO[C@]3(O)[C@@H](O)[C@@H]1C(C)(C)Cc1sc(NCCN3CCCCC3)nc12. The average molecular weight is 530 g/mol. The van der Waals surface area contributed by atoms with E-state index in [1.54, 1.807) is 11.3 Å². The number of nitrogens with one attached hydrogen (secondary N) is 1. The number of carbonyl (C=O) groups excluding carboxylic acids is 1. The van der Waals surface area contributed by atoms with Gasteiger partial charge in [-0.05, 0) is 62.1 Å². The molecular weight excluding hydrogens is 490 g/mol. The summed E-state index contributed by atoms with van der Waals surface area (Å²) in [6.07, 6.45) is 3.43. The zero-order valence-electron chi connectivity index (χ0n) is 21.8. The second-order valence-electron chi connectivity index (χ2n) is 13.1. The first kappa shape index (κ1) is 24.7. The number of anilines is 1. The van der Waals surface area contributed by atoms with Gasteiger partial charge in [0.25, 0.3) is 0 Å². The molecule has 202 valence electrons. The number of piperidine rings is 1. The normalized spacial score (nSPS) is 45.9. The number of nitrogens with zero attached hydrogens (tertiary/aromatic N) is 2. The summed E-state index contributed by atoms with van der Waals surface area (Å²) in [6, 6.07) is 0. The van der Waals surface area contributed by atoms with E-state index in [4.69, 9.17) is 9.72 Å². The van der Waals surface area contributed by atoms with E-state index < -0.39 is 34.7 Å². The summed E-state index contributed by atoms with van der Waals surface area (Å²) >= 11 is 1.66. The lowest BCUT2D eigenvalue weighted by atomic mass is 9.36. The summed E-state index contributed by atoms with van der Waals surface area (Å²) in [7, 11) is 0. The summed E-state index contributed by atoms with van der Waals surface area (Å²) < 4.78 is 6.16. The van der Waals surface area contributed by atoms with E-state index in [0.29, 0.717) is 18.4 Å². The van der Waals surface area contributed by atoms with Gasteiger partial charge < -0.3 is 30.3 Å². The minimum atomic E-state index is -2.14. The molecule has 8 rings (SSSR count). The van der Waals surface area contributed by atoms with Gasteiger partial charge in [0.05, 0.1) is 18.4 Å². The van der Waals surface area contributed by atoms with Crippen molar-refractivity contribution in [2.75, 3.05) is 38.1 Å². The minimum Gasteiger partial charge on any atom is -0.391 e. The van der Waals surface area contributed by atoms with Gasteiger partial charge in [-0.15, -0.1) is 11.3 Å². The molecule has 37 heavy (non-hydrogen) atoms. The van der Waals surface area contributed by atoms with Crippen LogP contribution in [0.1, 0.15) is 56.5 Å². The lowest BCUT2D eigenvalue weighted by molar-refractivity contribution is -0.429. The molecule has 0 aromatic carbocycles. The molecule has 8 atom stereocenters. The van der Waals surface area contributed by atoms with Gasteiger partial charge >= 0.3 is 0 Å². The van der Waals surface area contributed by atoms with Crippen LogP contribution in [0.2, 0.25) is 0 Å². The van der Waals surface area contributed by atoms with Crippen molar-refractivity contribution >= 4 is 22.3 Å². The number of ether oxygens (including phenoxy) is 1. The van der Waals surface area contributed by atoms with Gasteiger partial charge in [-0.25, -0.2) is 4.98 Å². The number of rotatable bonds is 4. The first-order valence-corrected chi connectivity index (χ1v) is 14.8. The third kappa shape index (κ3) is 2.81. The van der Waals surface area contributed by atoms with Crippen LogP contribution < -0.4 is 5.32 Å². The number of ketones is 1. The van der Waals surface area contributed by atoms with E-state index in [2.05, 4.69) is 30.6 Å². The largest absolute Gasteiger partial charge is 0.391 e. The Bertz CT molecular complexity index is 1160. The summed E-state index contributed by atoms with van der Waals surface area (Å²) in [6.45, 7) is 12.6. The zero-order chi connectivity index (χ0) is 26.0. The summed E-state index contributed by atoms with van der Waals surface area (Å²) in [5, 5.41) is 39.9. The molecule has 7 aliphatic rings. The van der Waals surface area contributed by atoms with E-state index in [1.807, 2.05) is 0 Å². The van der Waals surface area contributed by atoms with E-state index in [0.717, 1.165) is 48.3 Å². The molecule has 0 radical (unpaired) electrons. The van der Waals surface area contributed by atoms with Gasteiger partial charge in [0.15, 0.2) is 10.9 Å². The Morgan fingerprint density at radius 1 is 1.19 bits per heavy atom. The lowest BCUT2D eigenvalue weighted by Gasteiger charge is -2.73. The van der Waals surface area contributed by atoms with E-state index in [9.17, 15) is 20.1 Å². The minimum absolute atomic E-state index is 0.183. The maximum absolute atomic E-state index is 13.9. The number of carbonyl (C=O) groups is 1. The van der Waals surface area contributed by atoms with Crippen LogP contribution in [0, 0.1) is 28.6 Å². The molecule has 1 aromatic heterocycles. The van der Waals surface area contributed by atoms with Gasteiger partial charge in [-0.2, -0.15) is 0 Å². The van der Waals surface area contributed by atoms with Gasteiger partial charge in [0.2, 0.25) is 5.79 Å². The Hall–Kier alpha value is -1.36. The fourth-order valence-corrected chi connectivity index (χ4v) is 11.0. The molecule has 8 nitrogen and oxygen atoms in total. The zero-order valence-corrected chi connectivity index (χ0v) is 22.6. The molecule has 9 heteroatoms. The predicted molar refractivity (Wildman–Crippen MR) is 139 cm³/mol. The summed E-state index contributed by atoms with van der Waals surface area (Å²) in [5.41, 5.74) is -1.49. The maximum atomic E-state index is 13.9. The monoisotopic (exact) mass is 529 g/mol. The van der Waals surface area contributed by atoms with Crippen molar-refractivity contribution in [1.82, 2.24) is 9.88 Å². The Kier molecular flexibility index (Phi) is 5.24. The van der Waals surface area contributed by atoms with Crippen molar-refractivity contribution in [2.24, 2.45) is 28.6 Å². The number of hydrogen-bond donors (Lipinski definition) is 4. The van der Waals surface area contributed by atoms with Crippen LogP contribution in [0.15, 0.2) is 12.2 Å². The van der Waals surface area contributed by atoms with Crippen molar-refractivity contribution in [3.05, 3.63) is 22.7 Å². The van der Waals surface area contributed by atoms with Gasteiger partial charge in [-0.1, -0.05) is 26.8 Å². The number of fused-ring (bicyclic) bond motifs is 3. The first-order chi connectivity index (χ1) is 17.6. The van der Waals surface area contributed by atoms with Crippen molar-refractivity contribution in [1.29, 1.82) is 0 Å². The molecule has 4 heterocycles. The molecule has 4 aliphatic carbocycles. The first-order valence-electron chi connectivity index (χ1n) is 14.0. The number of thiazole rings is 1.